The summed E-state index contributed by atoms with van der Waals surface area (Å²) in [5.74, 6) is -3.50. The Morgan fingerprint density at radius 2 is 1.48 bits per heavy atom. The van der Waals surface area contributed by atoms with Gasteiger partial charge in [0.2, 0.25) is 0 Å². The summed E-state index contributed by atoms with van der Waals surface area (Å²) in [7, 11) is 2.39. The maximum absolute atomic E-state index is 12.0. The molecule has 0 amide bonds. The topological polar surface area (TPSA) is 103 Å². The number of esters is 3. The minimum atomic E-state index is -1.05. The van der Waals surface area contributed by atoms with Crippen molar-refractivity contribution in [2.45, 2.75) is 52.6 Å². The van der Waals surface area contributed by atoms with Gasteiger partial charge in [0.15, 0.2) is 5.92 Å². The van der Waals surface area contributed by atoms with E-state index in [0.29, 0.717) is 12.8 Å². The zero-order chi connectivity index (χ0) is 18.2. The Kier molecular flexibility index (Phi) is 8.50. The predicted octanol–water partition coefficient (Wildman–Crippen LogP) is 2.12. The third kappa shape index (κ3) is 7.25. The highest BCUT2D eigenvalue weighted by Crippen LogP contribution is 2.21. The van der Waals surface area contributed by atoms with E-state index >= 15 is 0 Å². The van der Waals surface area contributed by atoms with Crippen molar-refractivity contribution in [3.05, 3.63) is 0 Å². The zero-order valence-electron chi connectivity index (χ0n) is 14.7. The lowest BCUT2D eigenvalue weighted by molar-refractivity contribution is -0.159. The molecule has 1 N–H and O–H groups in total. The van der Waals surface area contributed by atoms with Crippen LogP contribution in [0.3, 0.4) is 0 Å². The van der Waals surface area contributed by atoms with E-state index in [1.807, 2.05) is 6.92 Å². The standard InChI is InChI=1S/C16H27NO6/c1-7-10(12(17)15(20)23-16(2,3)4)8-9-11(13(18)21-5)14(19)22-6/h10-11,17H,7-9H2,1-6H3/t10-/m0/s1. The van der Waals surface area contributed by atoms with Crippen LogP contribution in [0, 0.1) is 17.2 Å². The number of ether oxygens (including phenoxy) is 3. The molecular weight excluding hydrogens is 302 g/mol. The molecule has 7 nitrogen and oxygen atoms in total. The average molecular weight is 329 g/mol. The van der Waals surface area contributed by atoms with Gasteiger partial charge in [-0.25, -0.2) is 4.79 Å². The molecule has 0 saturated heterocycles. The molecule has 0 fully saturated rings. The first-order valence-corrected chi connectivity index (χ1v) is 7.54. The Labute approximate surface area is 137 Å². The van der Waals surface area contributed by atoms with Gasteiger partial charge >= 0.3 is 17.9 Å². The number of hydrogen-bond donors (Lipinski definition) is 1. The molecule has 0 saturated carbocycles. The largest absolute Gasteiger partial charge is 0.468 e. The summed E-state index contributed by atoms with van der Waals surface area (Å²) in [4.78, 5) is 35.2. The Morgan fingerprint density at radius 3 is 1.83 bits per heavy atom. The van der Waals surface area contributed by atoms with E-state index in [-0.39, 0.29) is 12.1 Å². The van der Waals surface area contributed by atoms with Crippen molar-refractivity contribution in [3.8, 4) is 0 Å². The van der Waals surface area contributed by atoms with Gasteiger partial charge in [-0.3, -0.25) is 15.0 Å². The van der Waals surface area contributed by atoms with Crippen molar-refractivity contribution in [2.75, 3.05) is 14.2 Å². The molecule has 0 aromatic rings. The van der Waals surface area contributed by atoms with Crippen LogP contribution in [0.1, 0.15) is 47.0 Å². The second kappa shape index (κ2) is 9.27. The molecule has 0 aromatic carbocycles. The van der Waals surface area contributed by atoms with E-state index < -0.39 is 35.3 Å². The van der Waals surface area contributed by atoms with Crippen molar-refractivity contribution in [3.63, 3.8) is 0 Å². The third-order valence-corrected chi connectivity index (χ3v) is 3.30. The minimum Gasteiger partial charge on any atom is -0.468 e. The van der Waals surface area contributed by atoms with Crippen LogP contribution in [-0.2, 0) is 28.6 Å². The van der Waals surface area contributed by atoms with Crippen molar-refractivity contribution in [2.24, 2.45) is 11.8 Å². The molecule has 0 bridgehead atoms. The number of methoxy groups -OCH3 is 2. The van der Waals surface area contributed by atoms with Gasteiger partial charge in [-0.1, -0.05) is 6.92 Å². The monoisotopic (exact) mass is 329 g/mol. The van der Waals surface area contributed by atoms with Crippen molar-refractivity contribution >= 4 is 23.6 Å². The molecule has 0 rings (SSSR count). The van der Waals surface area contributed by atoms with Gasteiger partial charge in [0.1, 0.15) is 11.3 Å². The molecule has 7 heteroatoms. The minimum absolute atomic E-state index is 0.142. The van der Waals surface area contributed by atoms with Gasteiger partial charge in [0.05, 0.1) is 14.2 Å². The Hall–Kier alpha value is -1.92. The van der Waals surface area contributed by atoms with Crippen molar-refractivity contribution in [1.29, 1.82) is 5.41 Å². The number of carbonyl (C=O) groups is 3. The molecule has 0 heterocycles. The van der Waals surface area contributed by atoms with E-state index in [2.05, 4.69) is 9.47 Å². The average Bonchev–Trinajstić information content (AvgIpc) is 2.48. The van der Waals surface area contributed by atoms with Gasteiger partial charge in [-0.2, -0.15) is 0 Å². The summed E-state index contributed by atoms with van der Waals surface area (Å²) in [6.45, 7) is 7.01. The van der Waals surface area contributed by atoms with Crippen LogP contribution >= 0.6 is 0 Å². The molecule has 0 unspecified atom stereocenters. The third-order valence-electron chi connectivity index (χ3n) is 3.30. The first kappa shape index (κ1) is 21.1. The van der Waals surface area contributed by atoms with E-state index in [1.54, 1.807) is 20.8 Å². The second-order valence-electron chi connectivity index (χ2n) is 6.20. The van der Waals surface area contributed by atoms with E-state index in [4.69, 9.17) is 10.1 Å². The van der Waals surface area contributed by atoms with E-state index in [0.717, 1.165) is 0 Å². The fourth-order valence-corrected chi connectivity index (χ4v) is 2.04. The number of carbonyl (C=O) groups excluding carboxylic acids is 3. The first-order valence-electron chi connectivity index (χ1n) is 7.54. The summed E-state index contributed by atoms with van der Waals surface area (Å²) in [5.41, 5.74) is -0.835. The van der Waals surface area contributed by atoms with Crippen LogP contribution in [0.25, 0.3) is 0 Å². The zero-order valence-corrected chi connectivity index (χ0v) is 14.7. The predicted molar refractivity (Wildman–Crippen MR) is 84.1 cm³/mol. The lowest BCUT2D eigenvalue weighted by atomic mass is 9.90. The second-order valence-corrected chi connectivity index (χ2v) is 6.20. The molecule has 132 valence electrons. The van der Waals surface area contributed by atoms with Crippen LogP contribution in [0.2, 0.25) is 0 Å². The quantitative estimate of drug-likeness (QED) is 0.317. The van der Waals surface area contributed by atoms with Crippen molar-refractivity contribution < 1.29 is 28.6 Å². The van der Waals surface area contributed by atoms with Crippen molar-refractivity contribution in [1.82, 2.24) is 0 Å². The van der Waals surface area contributed by atoms with E-state index in [9.17, 15) is 14.4 Å². The number of hydrogen-bond acceptors (Lipinski definition) is 7. The van der Waals surface area contributed by atoms with Crippen LogP contribution in [-0.4, -0.2) is 43.4 Å². The molecule has 23 heavy (non-hydrogen) atoms. The maximum atomic E-state index is 12.0. The normalized spacial score (nSPS) is 12.5. The first-order chi connectivity index (χ1) is 10.6. The summed E-state index contributed by atoms with van der Waals surface area (Å²) in [5, 5.41) is 7.97. The van der Waals surface area contributed by atoms with Gasteiger partial charge in [-0.05, 0) is 40.0 Å². The fraction of sp³-hybridized carbons (Fsp3) is 0.750. The summed E-state index contributed by atoms with van der Waals surface area (Å²) in [6, 6.07) is 0. The van der Waals surface area contributed by atoms with Gasteiger partial charge in [0.25, 0.3) is 0 Å². The van der Waals surface area contributed by atoms with Crippen LogP contribution in [0.15, 0.2) is 0 Å². The Bertz CT molecular complexity index is 436. The Balaban J connectivity index is 4.86. The lowest BCUT2D eigenvalue weighted by Gasteiger charge is -2.23. The highest BCUT2D eigenvalue weighted by Gasteiger charge is 2.31. The lowest BCUT2D eigenvalue weighted by Crippen LogP contribution is -2.33. The fourth-order valence-electron chi connectivity index (χ4n) is 2.04. The molecular formula is C16H27NO6. The van der Waals surface area contributed by atoms with Crippen LogP contribution < -0.4 is 0 Å². The summed E-state index contributed by atoms with van der Waals surface area (Å²) >= 11 is 0. The van der Waals surface area contributed by atoms with Crippen LogP contribution in [0.5, 0.6) is 0 Å². The SMILES string of the molecule is CC[C@@H](CCC(C(=O)OC)C(=O)OC)C(=N)C(=O)OC(C)(C)C. The summed E-state index contributed by atoms with van der Waals surface area (Å²) in [6.07, 6.45) is 0.972. The molecule has 0 spiro atoms. The molecule has 1 atom stereocenters. The number of rotatable bonds is 8. The molecule has 0 aliphatic rings. The molecule has 0 radical (unpaired) electrons. The Morgan fingerprint density at radius 1 is 1.00 bits per heavy atom. The van der Waals surface area contributed by atoms with E-state index in [1.165, 1.54) is 14.2 Å². The van der Waals surface area contributed by atoms with Gasteiger partial charge in [-0.15, -0.1) is 0 Å². The molecule has 0 aromatic heterocycles. The van der Waals surface area contributed by atoms with Crippen LogP contribution in [0.4, 0.5) is 0 Å². The number of nitrogens with one attached hydrogen (secondary N) is 1. The summed E-state index contributed by atoms with van der Waals surface area (Å²) < 4.78 is 14.4. The van der Waals surface area contributed by atoms with Gasteiger partial charge in [0, 0.05) is 5.92 Å². The molecule has 0 aliphatic carbocycles. The molecule has 0 aliphatic heterocycles. The smallest absolute Gasteiger partial charge is 0.352 e. The van der Waals surface area contributed by atoms with Gasteiger partial charge < -0.3 is 14.2 Å². The highest BCUT2D eigenvalue weighted by molar-refractivity contribution is 6.36. The maximum Gasteiger partial charge on any atom is 0.352 e. The highest BCUT2D eigenvalue weighted by atomic mass is 16.6.